The maximum atomic E-state index is 13.2. The number of carbonyl (C=O) groups excluding carboxylic acids is 1. The van der Waals surface area contributed by atoms with E-state index in [0.29, 0.717) is 24.9 Å². The molecule has 1 aromatic heterocycles. The van der Waals surface area contributed by atoms with Gasteiger partial charge in [0.2, 0.25) is 21.0 Å². The molecule has 0 spiro atoms. The number of aliphatic imine (C=N–C) groups is 1. The second-order valence-electron chi connectivity index (χ2n) is 6.38. The molecule has 4 rings (SSSR count). The predicted molar refractivity (Wildman–Crippen MR) is 97.5 cm³/mol. The van der Waals surface area contributed by atoms with E-state index in [1.54, 1.807) is 9.80 Å². The van der Waals surface area contributed by atoms with Gasteiger partial charge in [-0.25, -0.2) is 18.3 Å². The van der Waals surface area contributed by atoms with E-state index in [2.05, 4.69) is 15.0 Å². The molecule has 0 N–H and O–H groups in total. The highest BCUT2D eigenvalue weighted by Gasteiger charge is 2.41. The van der Waals surface area contributed by atoms with Crippen molar-refractivity contribution in [2.75, 3.05) is 29.1 Å². The fourth-order valence-electron chi connectivity index (χ4n) is 3.29. The van der Waals surface area contributed by atoms with E-state index >= 15 is 0 Å². The zero-order chi connectivity index (χ0) is 18.6. The molecule has 9 heteroatoms. The third kappa shape index (κ3) is 2.38. The van der Waals surface area contributed by atoms with Crippen molar-refractivity contribution < 1.29 is 13.2 Å². The number of sulfone groups is 1. The van der Waals surface area contributed by atoms with E-state index < -0.39 is 9.84 Å². The van der Waals surface area contributed by atoms with Gasteiger partial charge in [-0.1, -0.05) is 18.2 Å². The van der Waals surface area contributed by atoms with E-state index in [1.165, 1.54) is 6.20 Å². The largest absolute Gasteiger partial charge is 0.294 e. The van der Waals surface area contributed by atoms with Gasteiger partial charge in [0.05, 0.1) is 12.2 Å². The minimum atomic E-state index is -3.58. The number of hydrogen-bond donors (Lipinski definition) is 0. The highest BCUT2D eigenvalue weighted by molar-refractivity contribution is 7.90. The van der Waals surface area contributed by atoms with Gasteiger partial charge in [-0.2, -0.15) is 4.98 Å². The van der Waals surface area contributed by atoms with E-state index in [9.17, 15) is 13.2 Å². The summed E-state index contributed by atoms with van der Waals surface area (Å²) >= 11 is 0. The van der Waals surface area contributed by atoms with Crippen molar-refractivity contribution in [3.63, 3.8) is 0 Å². The van der Waals surface area contributed by atoms with Crippen LogP contribution in [0.4, 0.5) is 11.5 Å². The molecule has 0 aliphatic carbocycles. The van der Waals surface area contributed by atoms with Gasteiger partial charge >= 0.3 is 0 Å². The Morgan fingerprint density at radius 3 is 2.50 bits per heavy atom. The molecule has 0 unspecified atom stereocenters. The summed E-state index contributed by atoms with van der Waals surface area (Å²) in [7, 11) is -3.58. The molecule has 0 saturated heterocycles. The van der Waals surface area contributed by atoms with E-state index in [1.807, 2.05) is 32.0 Å². The zero-order valence-corrected chi connectivity index (χ0v) is 15.4. The van der Waals surface area contributed by atoms with Gasteiger partial charge < -0.3 is 0 Å². The molecule has 8 nitrogen and oxygen atoms in total. The van der Waals surface area contributed by atoms with Crippen LogP contribution in [0.25, 0.3) is 0 Å². The highest BCUT2D eigenvalue weighted by Crippen LogP contribution is 2.35. The Labute approximate surface area is 151 Å². The van der Waals surface area contributed by atoms with E-state index in [-0.39, 0.29) is 16.6 Å². The van der Waals surface area contributed by atoms with Crippen molar-refractivity contribution >= 4 is 33.2 Å². The van der Waals surface area contributed by atoms with Gasteiger partial charge in [-0.15, -0.1) is 0 Å². The summed E-state index contributed by atoms with van der Waals surface area (Å²) in [6, 6.07) is 5.81. The predicted octanol–water partition coefficient (Wildman–Crippen LogP) is 1.33. The summed E-state index contributed by atoms with van der Waals surface area (Å²) in [6.45, 7) is 4.90. The number of anilines is 2. The minimum Gasteiger partial charge on any atom is -0.294 e. The van der Waals surface area contributed by atoms with Gasteiger partial charge in [-0.05, 0) is 25.0 Å². The molecular formula is C17H17N5O3S. The lowest BCUT2D eigenvalue weighted by Crippen LogP contribution is -2.51. The van der Waals surface area contributed by atoms with Gasteiger partial charge in [0.15, 0.2) is 5.82 Å². The van der Waals surface area contributed by atoms with Crippen LogP contribution in [0, 0.1) is 13.8 Å². The average molecular weight is 371 g/mol. The van der Waals surface area contributed by atoms with Crippen LogP contribution in [0.2, 0.25) is 0 Å². The molecule has 1 aromatic carbocycles. The second kappa shape index (κ2) is 5.60. The number of aryl methyl sites for hydroxylation is 2. The van der Waals surface area contributed by atoms with E-state index in [0.717, 1.165) is 23.1 Å². The number of para-hydroxylation sites is 1. The first-order chi connectivity index (χ1) is 12.3. The number of hydrogen-bond acceptors (Lipinski definition) is 7. The summed E-state index contributed by atoms with van der Waals surface area (Å²) < 4.78 is 23.6. The maximum absolute atomic E-state index is 13.2. The molecular weight excluding hydrogens is 354 g/mol. The Morgan fingerprint density at radius 2 is 1.85 bits per heavy atom. The number of carbonyl (C=O) groups is 1. The third-order valence-corrected chi connectivity index (χ3v) is 5.31. The number of nitrogens with zero attached hydrogens (tertiary/aromatic N) is 5. The van der Waals surface area contributed by atoms with Crippen molar-refractivity contribution in [3.05, 3.63) is 41.1 Å². The van der Waals surface area contributed by atoms with Crippen LogP contribution >= 0.6 is 0 Å². The van der Waals surface area contributed by atoms with Crippen LogP contribution in [0.5, 0.6) is 0 Å². The fourth-order valence-corrected chi connectivity index (χ4v) is 3.79. The third-order valence-electron chi connectivity index (χ3n) is 4.45. The Balaban J connectivity index is 1.94. The molecule has 2 aromatic rings. The normalized spacial score (nSPS) is 16.4. The molecule has 3 heterocycles. The number of amides is 1. The second-order valence-corrected chi connectivity index (χ2v) is 8.29. The average Bonchev–Trinajstić information content (AvgIpc) is 3.05. The first kappa shape index (κ1) is 16.6. The van der Waals surface area contributed by atoms with E-state index in [4.69, 9.17) is 0 Å². The molecule has 26 heavy (non-hydrogen) atoms. The van der Waals surface area contributed by atoms with Gasteiger partial charge in [0.1, 0.15) is 5.56 Å². The summed E-state index contributed by atoms with van der Waals surface area (Å²) in [4.78, 5) is 29.1. The van der Waals surface area contributed by atoms with Crippen LogP contribution < -0.4 is 9.80 Å². The molecule has 0 bridgehead atoms. The Morgan fingerprint density at radius 1 is 1.15 bits per heavy atom. The molecule has 0 saturated carbocycles. The lowest BCUT2D eigenvalue weighted by Gasteiger charge is -2.35. The number of rotatable bonds is 2. The maximum Gasteiger partial charge on any atom is 0.270 e. The van der Waals surface area contributed by atoms with Crippen molar-refractivity contribution in [3.8, 4) is 0 Å². The first-order valence-electron chi connectivity index (χ1n) is 8.09. The van der Waals surface area contributed by atoms with Crippen LogP contribution in [0.1, 0.15) is 21.5 Å². The zero-order valence-electron chi connectivity index (χ0n) is 14.6. The smallest absolute Gasteiger partial charge is 0.270 e. The number of guanidine groups is 1. The Kier molecular flexibility index (Phi) is 3.58. The van der Waals surface area contributed by atoms with Crippen LogP contribution in [0.15, 0.2) is 34.5 Å². The lowest BCUT2D eigenvalue weighted by atomic mass is 10.1. The topological polar surface area (TPSA) is 95.8 Å². The molecule has 2 aliphatic heterocycles. The number of aromatic nitrogens is 2. The van der Waals surface area contributed by atoms with Gasteiger partial charge in [0.25, 0.3) is 5.91 Å². The van der Waals surface area contributed by atoms with Crippen molar-refractivity contribution in [1.29, 1.82) is 0 Å². The molecule has 0 atom stereocenters. The SMILES string of the molecule is Cc1cccc(C)c1N1C(=O)c2cnc(S(C)(=O)=O)nc2N2CCN=C21. The Hall–Kier alpha value is -2.81. The summed E-state index contributed by atoms with van der Waals surface area (Å²) in [5, 5.41) is -0.296. The van der Waals surface area contributed by atoms with Crippen molar-refractivity contribution in [2.45, 2.75) is 19.0 Å². The number of fused-ring (bicyclic) bond motifs is 3. The molecule has 134 valence electrons. The van der Waals surface area contributed by atoms with Crippen molar-refractivity contribution in [2.24, 2.45) is 4.99 Å². The lowest BCUT2D eigenvalue weighted by molar-refractivity contribution is 0.0999. The summed E-state index contributed by atoms with van der Waals surface area (Å²) in [6.07, 6.45) is 2.33. The van der Waals surface area contributed by atoms with Crippen molar-refractivity contribution in [1.82, 2.24) is 9.97 Å². The van der Waals surface area contributed by atoms with Gasteiger partial charge in [-0.3, -0.25) is 14.7 Å². The standard InChI is InChI=1S/C17H17N5O3S/c1-10-5-4-6-11(2)13(10)22-15(23)12-9-19-16(26(3,24)25)20-14(12)21-8-7-18-17(21)22/h4-6,9H,7-8H2,1-3H3. The molecule has 1 amide bonds. The first-order valence-corrected chi connectivity index (χ1v) is 9.98. The quantitative estimate of drug-likeness (QED) is 0.739. The molecule has 2 aliphatic rings. The molecule has 0 radical (unpaired) electrons. The summed E-state index contributed by atoms with van der Waals surface area (Å²) in [5.41, 5.74) is 2.94. The van der Waals surface area contributed by atoms with Crippen LogP contribution in [-0.2, 0) is 9.84 Å². The summed E-state index contributed by atoms with van der Waals surface area (Å²) in [5.74, 6) is 0.455. The van der Waals surface area contributed by atoms with Crippen LogP contribution in [-0.4, -0.2) is 49.6 Å². The molecule has 0 fully saturated rings. The Bertz CT molecular complexity index is 1060. The highest BCUT2D eigenvalue weighted by atomic mass is 32.2. The van der Waals surface area contributed by atoms with Gasteiger partial charge in [0, 0.05) is 19.0 Å². The fraction of sp³-hybridized carbons (Fsp3) is 0.294. The minimum absolute atomic E-state index is 0.265. The monoisotopic (exact) mass is 371 g/mol. The van der Waals surface area contributed by atoms with Crippen LogP contribution in [0.3, 0.4) is 0 Å². The number of benzene rings is 1.